The highest BCUT2D eigenvalue weighted by Gasteiger charge is 2.09. The number of nitrogens with zero attached hydrogens (tertiary/aromatic N) is 3. The van der Waals surface area contributed by atoms with Gasteiger partial charge in [0.25, 0.3) is 0 Å². The largest absolute Gasteiger partial charge is 0.465 e. The van der Waals surface area contributed by atoms with Gasteiger partial charge in [0, 0.05) is 7.05 Å². The molecule has 0 aliphatic carbocycles. The second kappa shape index (κ2) is 4.49. The van der Waals surface area contributed by atoms with Gasteiger partial charge >= 0.3 is 0 Å². The van der Waals surface area contributed by atoms with Crippen LogP contribution in [0.1, 0.15) is 30.3 Å². The van der Waals surface area contributed by atoms with Crippen molar-refractivity contribution in [3.63, 3.8) is 0 Å². The van der Waals surface area contributed by atoms with Gasteiger partial charge in [-0.25, -0.2) is 4.98 Å². The summed E-state index contributed by atoms with van der Waals surface area (Å²) in [6, 6.07) is 4.13. The van der Waals surface area contributed by atoms with E-state index in [4.69, 9.17) is 4.42 Å². The molecule has 2 aromatic heterocycles. The number of aryl methyl sites for hydroxylation is 2. The molecule has 0 saturated heterocycles. The van der Waals surface area contributed by atoms with Crippen LogP contribution in [0.5, 0.6) is 0 Å². The van der Waals surface area contributed by atoms with Gasteiger partial charge in [0.05, 0.1) is 12.6 Å². The molecular weight excluding hydrogens is 204 g/mol. The lowest BCUT2D eigenvalue weighted by atomic mass is 10.2. The quantitative estimate of drug-likeness (QED) is 0.849. The molecule has 16 heavy (non-hydrogen) atoms. The minimum Gasteiger partial charge on any atom is -0.465 e. The van der Waals surface area contributed by atoms with Crippen molar-refractivity contribution in [1.82, 2.24) is 20.1 Å². The molecule has 0 aromatic carbocycles. The van der Waals surface area contributed by atoms with E-state index >= 15 is 0 Å². The van der Waals surface area contributed by atoms with Crippen LogP contribution in [-0.2, 0) is 13.6 Å². The van der Waals surface area contributed by atoms with Crippen LogP contribution in [0.15, 0.2) is 22.9 Å². The maximum absolute atomic E-state index is 5.54. The number of hydrogen-bond acceptors (Lipinski definition) is 4. The monoisotopic (exact) mass is 220 g/mol. The topological polar surface area (TPSA) is 55.9 Å². The summed E-state index contributed by atoms with van der Waals surface area (Å²) in [6.07, 6.45) is 1.55. The fourth-order valence-corrected chi connectivity index (χ4v) is 1.51. The van der Waals surface area contributed by atoms with Crippen molar-refractivity contribution in [2.75, 3.05) is 0 Å². The molecule has 2 heterocycles. The minimum atomic E-state index is 0.172. The Morgan fingerprint density at radius 2 is 2.31 bits per heavy atom. The van der Waals surface area contributed by atoms with Crippen LogP contribution < -0.4 is 5.32 Å². The summed E-state index contributed by atoms with van der Waals surface area (Å²) < 4.78 is 7.30. The van der Waals surface area contributed by atoms with Gasteiger partial charge in [-0.1, -0.05) is 0 Å². The molecule has 2 rings (SSSR count). The number of aromatic nitrogens is 3. The van der Waals surface area contributed by atoms with Gasteiger partial charge in [0.15, 0.2) is 0 Å². The minimum absolute atomic E-state index is 0.172. The van der Waals surface area contributed by atoms with Crippen molar-refractivity contribution in [3.05, 3.63) is 35.8 Å². The Kier molecular flexibility index (Phi) is 3.05. The highest BCUT2D eigenvalue weighted by atomic mass is 16.3. The standard InChI is InChI=1S/C11H16N4O/c1-8-4-5-10(16-8)9(2)12-6-11-13-7-14-15(11)3/h4-5,7,9,12H,6H2,1-3H3. The molecule has 5 heteroatoms. The first kappa shape index (κ1) is 10.9. The molecule has 0 aliphatic heterocycles. The summed E-state index contributed by atoms with van der Waals surface area (Å²) in [5, 5.41) is 7.35. The Hall–Kier alpha value is -1.62. The molecule has 5 nitrogen and oxygen atoms in total. The third-order valence-corrected chi connectivity index (χ3v) is 2.56. The number of hydrogen-bond donors (Lipinski definition) is 1. The van der Waals surface area contributed by atoms with E-state index in [0.29, 0.717) is 6.54 Å². The second-order valence-electron chi connectivity index (χ2n) is 3.85. The van der Waals surface area contributed by atoms with Crippen LogP contribution in [-0.4, -0.2) is 14.8 Å². The summed E-state index contributed by atoms with van der Waals surface area (Å²) in [7, 11) is 1.88. The van der Waals surface area contributed by atoms with Gasteiger partial charge in [0.1, 0.15) is 23.7 Å². The van der Waals surface area contributed by atoms with Crippen LogP contribution in [0.4, 0.5) is 0 Å². The molecule has 0 aliphatic rings. The fraction of sp³-hybridized carbons (Fsp3) is 0.455. The lowest BCUT2D eigenvalue weighted by Gasteiger charge is -2.10. The van der Waals surface area contributed by atoms with Gasteiger partial charge in [-0.2, -0.15) is 5.10 Å². The van der Waals surface area contributed by atoms with E-state index in [1.165, 1.54) is 0 Å². The Morgan fingerprint density at radius 3 is 2.88 bits per heavy atom. The number of furan rings is 1. The normalized spacial score (nSPS) is 12.9. The summed E-state index contributed by atoms with van der Waals surface area (Å²) >= 11 is 0. The van der Waals surface area contributed by atoms with Crippen molar-refractivity contribution in [2.24, 2.45) is 7.05 Å². The highest BCUT2D eigenvalue weighted by molar-refractivity contribution is 5.08. The van der Waals surface area contributed by atoms with Gasteiger partial charge in [-0.3, -0.25) is 4.68 Å². The van der Waals surface area contributed by atoms with Crippen molar-refractivity contribution >= 4 is 0 Å². The zero-order valence-electron chi connectivity index (χ0n) is 9.77. The fourth-order valence-electron chi connectivity index (χ4n) is 1.51. The summed E-state index contributed by atoms with van der Waals surface area (Å²) in [5.74, 6) is 2.79. The molecule has 1 atom stereocenters. The van der Waals surface area contributed by atoms with Crippen LogP contribution >= 0.6 is 0 Å². The Morgan fingerprint density at radius 1 is 1.50 bits per heavy atom. The first-order valence-corrected chi connectivity index (χ1v) is 5.29. The average Bonchev–Trinajstić information content (AvgIpc) is 2.84. The SMILES string of the molecule is Cc1ccc(C(C)NCc2ncnn2C)o1. The maximum atomic E-state index is 5.54. The number of rotatable bonds is 4. The molecule has 0 saturated carbocycles. The molecule has 86 valence electrons. The average molecular weight is 220 g/mol. The van der Waals surface area contributed by atoms with E-state index in [-0.39, 0.29) is 6.04 Å². The molecule has 0 fully saturated rings. The van der Waals surface area contributed by atoms with Crippen LogP contribution in [0, 0.1) is 6.92 Å². The van der Waals surface area contributed by atoms with Gasteiger partial charge in [-0.05, 0) is 26.0 Å². The van der Waals surface area contributed by atoms with Gasteiger partial charge in [-0.15, -0.1) is 0 Å². The zero-order valence-corrected chi connectivity index (χ0v) is 9.77. The van der Waals surface area contributed by atoms with E-state index in [9.17, 15) is 0 Å². The Bertz CT molecular complexity index is 460. The molecule has 1 N–H and O–H groups in total. The number of nitrogens with one attached hydrogen (secondary N) is 1. The van der Waals surface area contributed by atoms with E-state index in [2.05, 4.69) is 22.3 Å². The van der Waals surface area contributed by atoms with Gasteiger partial charge in [0.2, 0.25) is 0 Å². The molecule has 2 aromatic rings. The van der Waals surface area contributed by atoms with Crippen LogP contribution in [0.2, 0.25) is 0 Å². The zero-order chi connectivity index (χ0) is 11.5. The Labute approximate surface area is 94.5 Å². The first-order valence-electron chi connectivity index (χ1n) is 5.29. The van der Waals surface area contributed by atoms with E-state index in [1.54, 1.807) is 11.0 Å². The summed E-state index contributed by atoms with van der Waals surface area (Å²) in [5.41, 5.74) is 0. The van der Waals surface area contributed by atoms with Crippen molar-refractivity contribution < 1.29 is 4.42 Å². The maximum Gasteiger partial charge on any atom is 0.140 e. The lowest BCUT2D eigenvalue weighted by Crippen LogP contribution is -2.20. The predicted octanol–water partition coefficient (Wildman–Crippen LogP) is 1.57. The van der Waals surface area contributed by atoms with E-state index < -0.39 is 0 Å². The second-order valence-corrected chi connectivity index (χ2v) is 3.85. The van der Waals surface area contributed by atoms with E-state index in [1.807, 2.05) is 26.1 Å². The van der Waals surface area contributed by atoms with Crippen molar-refractivity contribution in [1.29, 1.82) is 0 Å². The van der Waals surface area contributed by atoms with Crippen LogP contribution in [0.3, 0.4) is 0 Å². The third-order valence-electron chi connectivity index (χ3n) is 2.56. The molecule has 0 radical (unpaired) electrons. The van der Waals surface area contributed by atoms with Crippen LogP contribution in [0.25, 0.3) is 0 Å². The third kappa shape index (κ3) is 2.30. The molecule has 0 amide bonds. The molecule has 0 bridgehead atoms. The summed E-state index contributed by atoms with van der Waals surface area (Å²) in [4.78, 5) is 4.15. The van der Waals surface area contributed by atoms with Crippen molar-refractivity contribution in [2.45, 2.75) is 26.4 Å². The van der Waals surface area contributed by atoms with Gasteiger partial charge < -0.3 is 9.73 Å². The molecular formula is C11H16N4O. The van der Waals surface area contributed by atoms with Crippen molar-refractivity contribution in [3.8, 4) is 0 Å². The lowest BCUT2D eigenvalue weighted by molar-refractivity contribution is 0.410. The highest BCUT2D eigenvalue weighted by Crippen LogP contribution is 2.15. The smallest absolute Gasteiger partial charge is 0.140 e. The Balaban J connectivity index is 1.93. The molecule has 1 unspecified atom stereocenters. The first-order chi connectivity index (χ1) is 7.66. The predicted molar refractivity (Wildman–Crippen MR) is 59.7 cm³/mol. The summed E-state index contributed by atoms with van der Waals surface area (Å²) in [6.45, 7) is 4.69. The molecule has 0 spiro atoms. The van der Waals surface area contributed by atoms with E-state index in [0.717, 1.165) is 17.3 Å².